The van der Waals surface area contributed by atoms with E-state index in [2.05, 4.69) is 9.97 Å². The summed E-state index contributed by atoms with van der Waals surface area (Å²) in [4.78, 5) is 34.5. The van der Waals surface area contributed by atoms with E-state index in [1.807, 2.05) is 23.0 Å². The molecule has 2 aromatic heterocycles. The summed E-state index contributed by atoms with van der Waals surface area (Å²) in [5, 5.41) is 0. The van der Waals surface area contributed by atoms with Crippen molar-refractivity contribution in [1.82, 2.24) is 14.5 Å². The maximum Gasteiger partial charge on any atom is 0.254 e. The number of benzene rings is 1. The molecule has 0 bridgehead atoms. The highest BCUT2D eigenvalue weighted by atomic mass is 16.1. The molecular formula is C19H17N4O2+. The largest absolute Gasteiger partial charge is 0.284 e. The molecule has 0 atom stereocenters. The van der Waals surface area contributed by atoms with Gasteiger partial charge in [-0.3, -0.25) is 19.6 Å². The fourth-order valence-corrected chi connectivity index (χ4v) is 3.47. The van der Waals surface area contributed by atoms with Crippen LogP contribution in [0.15, 0.2) is 42.9 Å². The Labute approximate surface area is 144 Å². The molecule has 2 heterocycles. The second kappa shape index (κ2) is 5.73. The number of fused-ring (bicyclic) bond motifs is 2. The van der Waals surface area contributed by atoms with Crippen LogP contribution in [0, 0.1) is 6.92 Å². The molecular weight excluding hydrogens is 316 g/mol. The lowest BCUT2D eigenvalue weighted by Crippen LogP contribution is -2.43. The van der Waals surface area contributed by atoms with Crippen LogP contribution in [0.5, 0.6) is 0 Å². The molecule has 25 heavy (non-hydrogen) atoms. The average molecular weight is 333 g/mol. The first-order valence-electron chi connectivity index (χ1n) is 8.19. The minimum absolute atomic E-state index is 0.104. The molecule has 0 saturated heterocycles. The summed E-state index contributed by atoms with van der Waals surface area (Å²) in [6.45, 7) is 4.90. The van der Waals surface area contributed by atoms with E-state index in [1.54, 1.807) is 42.9 Å². The summed E-state index contributed by atoms with van der Waals surface area (Å²) in [6, 6.07) is 7.00. The lowest BCUT2D eigenvalue weighted by Gasteiger charge is -2.12. The number of imidazole rings is 1. The van der Waals surface area contributed by atoms with Gasteiger partial charge in [-0.25, -0.2) is 9.13 Å². The molecule has 1 aliphatic carbocycles. The summed E-state index contributed by atoms with van der Waals surface area (Å²) < 4.78 is 3.78. The molecule has 0 radical (unpaired) electrons. The Bertz CT molecular complexity index is 1010. The third-order valence-corrected chi connectivity index (χ3v) is 4.64. The van der Waals surface area contributed by atoms with Crippen LogP contribution in [0.2, 0.25) is 0 Å². The molecule has 3 aromatic rings. The van der Waals surface area contributed by atoms with Gasteiger partial charge in [-0.05, 0) is 6.92 Å². The number of rotatable bonds is 3. The number of ketones is 2. The second-order valence-corrected chi connectivity index (χ2v) is 5.98. The lowest BCUT2D eigenvalue weighted by atomic mass is 9.90. The third-order valence-electron chi connectivity index (χ3n) is 4.64. The van der Waals surface area contributed by atoms with E-state index in [0.717, 1.165) is 11.5 Å². The van der Waals surface area contributed by atoms with Gasteiger partial charge >= 0.3 is 0 Å². The van der Waals surface area contributed by atoms with Crippen LogP contribution in [-0.4, -0.2) is 26.1 Å². The van der Waals surface area contributed by atoms with Crippen LogP contribution in [-0.2, 0) is 13.1 Å². The molecule has 6 nitrogen and oxygen atoms in total. The molecule has 0 spiro atoms. The van der Waals surface area contributed by atoms with Crippen molar-refractivity contribution in [3.05, 3.63) is 76.9 Å². The predicted octanol–water partition coefficient (Wildman–Crippen LogP) is 1.72. The molecule has 0 N–H and O–H groups in total. The summed E-state index contributed by atoms with van der Waals surface area (Å²) >= 11 is 0. The van der Waals surface area contributed by atoms with Gasteiger partial charge < -0.3 is 0 Å². The van der Waals surface area contributed by atoms with Crippen molar-refractivity contribution in [2.45, 2.75) is 26.9 Å². The minimum Gasteiger partial charge on any atom is -0.284 e. The van der Waals surface area contributed by atoms with Crippen molar-refractivity contribution in [2.75, 3.05) is 0 Å². The van der Waals surface area contributed by atoms with Gasteiger partial charge in [-0.2, -0.15) is 0 Å². The van der Waals surface area contributed by atoms with Gasteiger partial charge in [0.05, 0.1) is 12.7 Å². The monoisotopic (exact) mass is 333 g/mol. The number of carbonyl (C=O) groups is 2. The first kappa shape index (κ1) is 15.4. The van der Waals surface area contributed by atoms with Crippen molar-refractivity contribution in [2.24, 2.45) is 0 Å². The quantitative estimate of drug-likeness (QED) is 0.535. The summed E-state index contributed by atoms with van der Waals surface area (Å²) in [5.74, 6) is 0.630. The van der Waals surface area contributed by atoms with Crippen LogP contribution in [0.4, 0.5) is 0 Å². The molecule has 1 aliphatic rings. The summed E-state index contributed by atoms with van der Waals surface area (Å²) in [7, 11) is 0. The van der Waals surface area contributed by atoms with Crippen LogP contribution < -0.4 is 4.57 Å². The van der Waals surface area contributed by atoms with Gasteiger partial charge in [0.2, 0.25) is 23.0 Å². The molecule has 0 amide bonds. The number of aromatic nitrogens is 4. The Morgan fingerprint density at radius 1 is 1.08 bits per heavy atom. The Kier molecular flexibility index (Phi) is 3.53. The van der Waals surface area contributed by atoms with Crippen LogP contribution in [0.3, 0.4) is 0 Å². The zero-order chi connectivity index (χ0) is 17.6. The van der Waals surface area contributed by atoms with Gasteiger partial charge in [0.15, 0.2) is 0 Å². The molecule has 0 aliphatic heterocycles. The number of hydrogen-bond donors (Lipinski definition) is 0. The average Bonchev–Trinajstić information content (AvgIpc) is 2.93. The van der Waals surface area contributed by atoms with E-state index in [4.69, 9.17) is 0 Å². The van der Waals surface area contributed by atoms with Gasteiger partial charge in [0.1, 0.15) is 12.2 Å². The van der Waals surface area contributed by atoms with Gasteiger partial charge in [-0.15, -0.1) is 0 Å². The van der Waals surface area contributed by atoms with Gasteiger partial charge in [0.25, 0.3) is 5.82 Å². The highest BCUT2D eigenvalue weighted by molar-refractivity contribution is 6.26. The molecule has 1 aromatic carbocycles. The van der Waals surface area contributed by atoms with Crippen molar-refractivity contribution in [3.8, 4) is 0 Å². The van der Waals surface area contributed by atoms with E-state index in [1.165, 1.54) is 0 Å². The van der Waals surface area contributed by atoms with Crippen LogP contribution in [0.1, 0.15) is 50.5 Å². The normalized spacial score (nSPS) is 12.9. The Balaban J connectivity index is 1.95. The van der Waals surface area contributed by atoms with E-state index in [-0.39, 0.29) is 11.6 Å². The third kappa shape index (κ3) is 2.21. The maximum atomic E-state index is 13.1. The fourth-order valence-electron chi connectivity index (χ4n) is 3.47. The van der Waals surface area contributed by atoms with Crippen molar-refractivity contribution < 1.29 is 14.2 Å². The van der Waals surface area contributed by atoms with Crippen molar-refractivity contribution in [3.63, 3.8) is 0 Å². The first-order chi connectivity index (χ1) is 12.1. The summed E-state index contributed by atoms with van der Waals surface area (Å²) in [6.07, 6.45) is 4.90. The number of hydrogen-bond acceptors (Lipinski definition) is 4. The zero-order valence-corrected chi connectivity index (χ0v) is 14.1. The topological polar surface area (TPSA) is 68.7 Å². The van der Waals surface area contributed by atoms with E-state index < -0.39 is 0 Å². The van der Waals surface area contributed by atoms with Gasteiger partial charge in [-0.1, -0.05) is 24.3 Å². The number of nitrogens with zero attached hydrogens (tertiary/aromatic N) is 4. The highest BCUT2D eigenvalue weighted by Crippen LogP contribution is 2.27. The number of carbonyl (C=O) groups excluding carboxylic acids is 2. The zero-order valence-electron chi connectivity index (χ0n) is 14.1. The van der Waals surface area contributed by atoms with Crippen molar-refractivity contribution >= 4 is 11.6 Å². The summed E-state index contributed by atoms with van der Waals surface area (Å²) in [5.41, 5.74) is 2.58. The van der Waals surface area contributed by atoms with E-state index in [9.17, 15) is 9.59 Å². The van der Waals surface area contributed by atoms with Gasteiger partial charge in [0, 0.05) is 30.4 Å². The van der Waals surface area contributed by atoms with Crippen LogP contribution in [0.25, 0.3) is 0 Å². The van der Waals surface area contributed by atoms with E-state index in [0.29, 0.717) is 35.6 Å². The highest BCUT2D eigenvalue weighted by Gasteiger charge is 2.42. The molecule has 4 rings (SSSR count). The first-order valence-corrected chi connectivity index (χ1v) is 8.19. The Hall–Kier alpha value is -3.15. The molecule has 0 fully saturated rings. The van der Waals surface area contributed by atoms with Crippen molar-refractivity contribution in [1.29, 1.82) is 0 Å². The fraction of sp³-hybridized carbons (Fsp3) is 0.211. The SMILES string of the molecule is CCn1c2c([n+](Cc3cnccn3)c1C)C(=O)c1ccccc1C2=O. The molecule has 0 unspecified atom stereocenters. The lowest BCUT2D eigenvalue weighted by molar-refractivity contribution is -0.696. The molecule has 124 valence electrons. The Morgan fingerprint density at radius 2 is 1.80 bits per heavy atom. The second-order valence-electron chi connectivity index (χ2n) is 5.98. The molecule has 0 saturated carbocycles. The predicted molar refractivity (Wildman–Crippen MR) is 89.5 cm³/mol. The van der Waals surface area contributed by atoms with Crippen LogP contribution >= 0.6 is 0 Å². The standard InChI is InChI=1S/C19H17N4O2/c1-3-22-12(2)23(11-13-10-20-8-9-21-13)17-16(22)18(24)14-6-4-5-7-15(14)19(17)25/h4-10H,3,11H2,1-2H3/q+1. The Morgan fingerprint density at radius 3 is 2.44 bits per heavy atom. The molecule has 6 heteroatoms. The minimum atomic E-state index is -0.121. The maximum absolute atomic E-state index is 13.1. The smallest absolute Gasteiger partial charge is 0.254 e. The van der Waals surface area contributed by atoms with E-state index >= 15 is 0 Å².